The van der Waals surface area contributed by atoms with Gasteiger partial charge in [0.15, 0.2) is 5.17 Å². The molecule has 1 aromatic carbocycles. The van der Waals surface area contributed by atoms with Gasteiger partial charge in [-0.25, -0.2) is 0 Å². The van der Waals surface area contributed by atoms with E-state index in [0.29, 0.717) is 15.9 Å². The minimum atomic E-state index is -0.501. The number of hydrogen-bond acceptors (Lipinski definition) is 5. The summed E-state index contributed by atoms with van der Waals surface area (Å²) in [4.78, 5) is 24.4. The number of amides is 2. The smallest absolute Gasteiger partial charge is 0.240 e. The molecule has 0 bridgehead atoms. The second-order valence-corrected chi connectivity index (χ2v) is 8.40. The van der Waals surface area contributed by atoms with Crippen molar-refractivity contribution in [3.63, 3.8) is 0 Å². The molecule has 0 aromatic heterocycles. The Morgan fingerprint density at radius 3 is 2.70 bits per heavy atom. The molecule has 1 aliphatic heterocycles. The number of nitrogens with one attached hydrogen (secondary N) is 2. The van der Waals surface area contributed by atoms with Gasteiger partial charge >= 0.3 is 0 Å². The van der Waals surface area contributed by atoms with E-state index in [-0.39, 0.29) is 18.2 Å². The molecule has 1 aromatic rings. The van der Waals surface area contributed by atoms with E-state index in [1.165, 1.54) is 24.6 Å². The van der Waals surface area contributed by atoms with Gasteiger partial charge in [-0.1, -0.05) is 42.3 Å². The molecule has 144 valence electrons. The highest BCUT2D eigenvalue weighted by atomic mass is 35.5. The highest BCUT2D eigenvalue weighted by Gasteiger charge is 2.32. The van der Waals surface area contributed by atoms with Crippen LogP contribution in [0, 0.1) is 6.92 Å². The van der Waals surface area contributed by atoms with Crippen LogP contribution in [0.2, 0.25) is 5.02 Å². The molecule has 1 atom stereocenters. The first-order chi connectivity index (χ1) is 13.0. The number of halogens is 1. The Balaban J connectivity index is 1.55. The number of amidine groups is 1. The summed E-state index contributed by atoms with van der Waals surface area (Å²) >= 11 is 7.32. The van der Waals surface area contributed by atoms with Crippen LogP contribution in [0.3, 0.4) is 0 Å². The Morgan fingerprint density at radius 1 is 1.26 bits per heavy atom. The lowest BCUT2D eigenvalue weighted by molar-refractivity contribution is -0.122. The second kappa shape index (κ2) is 9.37. The summed E-state index contributed by atoms with van der Waals surface area (Å²) < 4.78 is 0. The van der Waals surface area contributed by atoms with E-state index >= 15 is 0 Å². The van der Waals surface area contributed by atoms with Crippen LogP contribution in [-0.2, 0) is 9.59 Å². The molecule has 8 heteroatoms. The van der Waals surface area contributed by atoms with Crippen molar-refractivity contribution in [3.8, 4) is 0 Å². The van der Waals surface area contributed by atoms with Gasteiger partial charge in [-0.05, 0) is 50.3 Å². The van der Waals surface area contributed by atoms with E-state index in [1.807, 2.05) is 13.0 Å². The Kier molecular flexibility index (Phi) is 6.90. The van der Waals surface area contributed by atoms with Gasteiger partial charge in [0, 0.05) is 22.8 Å². The molecule has 0 spiro atoms. The summed E-state index contributed by atoms with van der Waals surface area (Å²) in [5.41, 5.74) is 2.65. The van der Waals surface area contributed by atoms with Crippen LogP contribution in [0.5, 0.6) is 0 Å². The van der Waals surface area contributed by atoms with Crippen molar-refractivity contribution in [1.29, 1.82) is 0 Å². The van der Waals surface area contributed by atoms with Crippen LogP contribution < -0.4 is 10.6 Å². The molecule has 2 fully saturated rings. The lowest BCUT2D eigenvalue weighted by Crippen LogP contribution is -2.28. The standard InChI is InChI=1S/C19H23ClN4O2S/c1-12-8-9-14(10-15(12)20)21-17(25)11-16-18(26)22-19(27-16)24-23-13-6-4-2-3-5-7-13/h8-10,16H,2-7,11H2,1H3,(H,21,25)(H,22,24,26)/t16-/m1/s1. The van der Waals surface area contributed by atoms with Crippen LogP contribution in [-0.4, -0.2) is 27.9 Å². The molecule has 0 unspecified atom stereocenters. The number of carbonyl (C=O) groups excluding carboxylic acids is 2. The summed E-state index contributed by atoms with van der Waals surface area (Å²) in [6.45, 7) is 1.90. The molecule has 27 heavy (non-hydrogen) atoms. The summed E-state index contributed by atoms with van der Waals surface area (Å²) in [5, 5.41) is 14.5. The summed E-state index contributed by atoms with van der Waals surface area (Å²) in [5.74, 6) is -0.448. The largest absolute Gasteiger partial charge is 0.326 e. The fraction of sp³-hybridized carbons (Fsp3) is 0.474. The van der Waals surface area contributed by atoms with Gasteiger partial charge in [0.2, 0.25) is 11.8 Å². The van der Waals surface area contributed by atoms with E-state index in [4.69, 9.17) is 11.6 Å². The minimum Gasteiger partial charge on any atom is -0.326 e. The first-order valence-corrected chi connectivity index (χ1v) is 10.4. The fourth-order valence-electron chi connectivity index (χ4n) is 2.99. The molecule has 2 aliphatic rings. The Morgan fingerprint density at radius 2 is 2.00 bits per heavy atom. The zero-order chi connectivity index (χ0) is 19.2. The molecule has 1 saturated heterocycles. The van der Waals surface area contributed by atoms with Crippen LogP contribution in [0.4, 0.5) is 5.69 Å². The van der Waals surface area contributed by atoms with Crippen LogP contribution >= 0.6 is 23.4 Å². The molecule has 3 rings (SSSR count). The molecule has 0 radical (unpaired) electrons. The third-order valence-electron chi connectivity index (χ3n) is 4.57. The normalized spacial score (nSPS) is 21.7. The van der Waals surface area contributed by atoms with Gasteiger partial charge in [-0.2, -0.15) is 5.10 Å². The van der Waals surface area contributed by atoms with Gasteiger partial charge in [-0.3, -0.25) is 9.59 Å². The quantitative estimate of drug-likeness (QED) is 0.578. The van der Waals surface area contributed by atoms with Gasteiger partial charge in [0.05, 0.1) is 0 Å². The molecule has 1 aliphatic carbocycles. The van der Waals surface area contributed by atoms with Gasteiger partial charge in [0.1, 0.15) is 5.25 Å². The van der Waals surface area contributed by atoms with Gasteiger partial charge in [0.25, 0.3) is 0 Å². The topological polar surface area (TPSA) is 82.9 Å². The lowest BCUT2D eigenvalue weighted by Gasteiger charge is -2.08. The van der Waals surface area contributed by atoms with Crippen LogP contribution in [0.1, 0.15) is 50.5 Å². The number of rotatable bonds is 4. The Labute approximate surface area is 168 Å². The number of benzene rings is 1. The van der Waals surface area contributed by atoms with E-state index in [1.54, 1.807) is 12.1 Å². The van der Waals surface area contributed by atoms with Crippen molar-refractivity contribution in [2.24, 2.45) is 10.2 Å². The number of carbonyl (C=O) groups is 2. The molecular formula is C19H23ClN4O2S. The number of nitrogens with zero attached hydrogens (tertiary/aromatic N) is 2. The molecule has 1 saturated carbocycles. The zero-order valence-electron chi connectivity index (χ0n) is 15.3. The van der Waals surface area contributed by atoms with Crippen molar-refractivity contribution in [2.45, 2.75) is 57.1 Å². The minimum absolute atomic E-state index is 0.0671. The molecule has 6 nitrogen and oxygen atoms in total. The summed E-state index contributed by atoms with van der Waals surface area (Å²) in [6, 6.07) is 5.33. The first kappa shape index (κ1) is 19.9. The molecule has 2 N–H and O–H groups in total. The zero-order valence-corrected chi connectivity index (χ0v) is 16.8. The van der Waals surface area contributed by atoms with Crippen molar-refractivity contribution < 1.29 is 9.59 Å². The van der Waals surface area contributed by atoms with Gasteiger partial charge < -0.3 is 10.6 Å². The number of thioether (sulfide) groups is 1. The van der Waals surface area contributed by atoms with Crippen molar-refractivity contribution in [3.05, 3.63) is 28.8 Å². The molecular weight excluding hydrogens is 384 g/mol. The maximum Gasteiger partial charge on any atom is 0.240 e. The maximum absolute atomic E-state index is 12.2. The van der Waals surface area contributed by atoms with E-state index in [2.05, 4.69) is 20.8 Å². The number of hydrogen-bond donors (Lipinski definition) is 2. The molecule has 2 amide bonds. The Hall–Kier alpha value is -1.86. The van der Waals surface area contributed by atoms with Crippen molar-refractivity contribution in [1.82, 2.24) is 5.32 Å². The average molecular weight is 407 g/mol. The fourth-order valence-corrected chi connectivity index (χ4v) is 4.09. The lowest BCUT2D eigenvalue weighted by atomic mass is 10.2. The van der Waals surface area contributed by atoms with Crippen molar-refractivity contribution >= 4 is 51.7 Å². The summed E-state index contributed by atoms with van der Waals surface area (Å²) in [6.07, 6.45) is 6.79. The SMILES string of the molecule is Cc1ccc(NC(=O)C[C@H]2S/C(=N/N=C3CCCCCC3)NC2=O)cc1Cl. The van der Waals surface area contributed by atoms with Crippen LogP contribution in [0.15, 0.2) is 28.4 Å². The molecule has 1 heterocycles. The highest BCUT2D eigenvalue weighted by Crippen LogP contribution is 2.25. The number of aryl methyl sites for hydroxylation is 1. The van der Waals surface area contributed by atoms with Crippen molar-refractivity contribution in [2.75, 3.05) is 5.32 Å². The van der Waals surface area contributed by atoms with Crippen LogP contribution in [0.25, 0.3) is 0 Å². The van der Waals surface area contributed by atoms with E-state index in [0.717, 1.165) is 37.0 Å². The van der Waals surface area contributed by atoms with E-state index < -0.39 is 5.25 Å². The van der Waals surface area contributed by atoms with E-state index in [9.17, 15) is 9.59 Å². The predicted octanol–water partition coefficient (Wildman–Crippen LogP) is 4.27. The highest BCUT2D eigenvalue weighted by molar-refractivity contribution is 8.15. The summed E-state index contributed by atoms with van der Waals surface area (Å²) in [7, 11) is 0. The average Bonchev–Trinajstić information content (AvgIpc) is 2.83. The number of anilines is 1. The maximum atomic E-state index is 12.2. The monoisotopic (exact) mass is 406 g/mol. The first-order valence-electron chi connectivity index (χ1n) is 9.18. The third kappa shape index (κ3) is 5.81. The van der Waals surface area contributed by atoms with Gasteiger partial charge in [-0.15, -0.1) is 5.10 Å². The predicted molar refractivity (Wildman–Crippen MR) is 112 cm³/mol. The Bertz CT molecular complexity index is 784. The second-order valence-electron chi connectivity index (χ2n) is 6.80. The third-order valence-corrected chi connectivity index (χ3v) is 6.05.